The van der Waals surface area contributed by atoms with E-state index < -0.39 is 5.54 Å². The van der Waals surface area contributed by atoms with E-state index in [1.54, 1.807) is 17.8 Å². The summed E-state index contributed by atoms with van der Waals surface area (Å²) >= 11 is 1.57. The van der Waals surface area contributed by atoms with Gasteiger partial charge in [0.15, 0.2) is 5.17 Å². The van der Waals surface area contributed by atoms with Crippen LogP contribution in [-0.2, 0) is 5.54 Å². The van der Waals surface area contributed by atoms with E-state index in [1.165, 1.54) is 11.1 Å². The van der Waals surface area contributed by atoms with E-state index in [4.69, 9.17) is 5.73 Å². The quantitative estimate of drug-likeness (QED) is 0.624. The topological polar surface area (TPSA) is 96.2 Å². The number of carbonyl (C=O) groups is 1. The molecule has 4 N–H and O–H groups in total. The molecule has 4 rings (SSSR count). The molecule has 0 fully saturated rings. The van der Waals surface area contributed by atoms with Crippen LogP contribution in [-0.4, -0.2) is 26.8 Å². The number of fused-ring (bicyclic) bond motifs is 1. The Hall–Kier alpha value is -2.80. The largest absolute Gasteiger partial charge is 0.379 e. The van der Waals surface area contributed by atoms with Crippen molar-refractivity contribution in [2.24, 2.45) is 10.7 Å². The SMILES string of the molecule is Cc1cc2nc(NC(=O)c3cccc(C4(C)CCSC(N)=N4)c3)[nH]c2cc1C. The molecule has 1 unspecified atom stereocenters. The Morgan fingerprint density at radius 1 is 1.25 bits per heavy atom. The fourth-order valence-electron chi connectivity index (χ4n) is 3.40. The molecule has 144 valence electrons. The van der Waals surface area contributed by atoms with Crippen LogP contribution in [0.2, 0.25) is 0 Å². The highest BCUT2D eigenvalue weighted by atomic mass is 32.2. The molecule has 1 aliphatic heterocycles. The molecule has 1 aliphatic rings. The van der Waals surface area contributed by atoms with Crippen LogP contribution in [0.4, 0.5) is 5.95 Å². The van der Waals surface area contributed by atoms with Crippen LogP contribution in [0.3, 0.4) is 0 Å². The van der Waals surface area contributed by atoms with Gasteiger partial charge in [0.05, 0.1) is 16.6 Å². The molecule has 3 aromatic rings. The van der Waals surface area contributed by atoms with Gasteiger partial charge in [0.1, 0.15) is 0 Å². The van der Waals surface area contributed by atoms with Gasteiger partial charge >= 0.3 is 0 Å². The number of anilines is 1. The highest BCUT2D eigenvalue weighted by Crippen LogP contribution is 2.35. The van der Waals surface area contributed by atoms with Gasteiger partial charge < -0.3 is 10.7 Å². The Bertz CT molecular complexity index is 1060. The zero-order valence-electron chi connectivity index (χ0n) is 16.2. The van der Waals surface area contributed by atoms with Gasteiger partial charge in [-0.15, -0.1) is 0 Å². The molecule has 2 heterocycles. The highest BCUT2D eigenvalue weighted by molar-refractivity contribution is 8.13. The van der Waals surface area contributed by atoms with Gasteiger partial charge in [0.2, 0.25) is 5.95 Å². The number of aliphatic imine (C=N–C) groups is 1. The molecule has 1 aromatic heterocycles. The molecule has 0 saturated heterocycles. The van der Waals surface area contributed by atoms with Crippen LogP contribution in [0.1, 0.15) is 40.4 Å². The van der Waals surface area contributed by atoms with E-state index in [1.807, 2.05) is 37.3 Å². The first-order valence-electron chi connectivity index (χ1n) is 9.21. The first kappa shape index (κ1) is 18.6. The minimum absolute atomic E-state index is 0.208. The summed E-state index contributed by atoms with van der Waals surface area (Å²) in [6, 6.07) is 11.6. The summed E-state index contributed by atoms with van der Waals surface area (Å²) in [5.74, 6) is 1.15. The van der Waals surface area contributed by atoms with Crippen LogP contribution >= 0.6 is 11.8 Å². The molecule has 2 aromatic carbocycles. The molecule has 0 saturated carbocycles. The van der Waals surface area contributed by atoms with Gasteiger partial charge in [-0.2, -0.15) is 0 Å². The van der Waals surface area contributed by atoms with Gasteiger partial charge in [0, 0.05) is 11.3 Å². The Morgan fingerprint density at radius 2 is 2.04 bits per heavy atom. The second-order valence-electron chi connectivity index (χ2n) is 7.40. The number of H-pyrrole nitrogens is 1. The summed E-state index contributed by atoms with van der Waals surface area (Å²) in [4.78, 5) is 25.1. The Balaban J connectivity index is 1.60. The zero-order chi connectivity index (χ0) is 19.9. The maximum absolute atomic E-state index is 12.8. The number of nitrogens with zero attached hydrogens (tertiary/aromatic N) is 2. The third kappa shape index (κ3) is 3.49. The van der Waals surface area contributed by atoms with Crippen LogP contribution < -0.4 is 11.1 Å². The number of nitrogens with two attached hydrogens (primary N) is 1. The fraction of sp³-hybridized carbons (Fsp3) is 0.286. The van der Waals surface area contributed by atoms with Crippen molar-refractivity contribution < 1.29 is 4.79 Å². The van der Waals surface area contributed by atoms with Crippen LogP contribution in [0.15, 0.2) is 41.4 Å². The lowest BCUT2D eigenvalue weighted by atomic mass is 9.89. The van der Waals surface area contributed by atoms with Crippen molar-refractivity contribution in [2.45, 2.75) is 32.7 Å². The van der Waals surface area contributed by atoms with Crippen molar-refractivity contribution in [3.63, 3.8) is 0 Å². The van der Waals surface area contributed by atoms with E-state index in [0.29, 0.717) is 16.7 Å². The van der Waals surface area contributed by atoms with Gasteiger partial charge in [-0.25, -0.2) is 4.98 Å². The van der Waals surface area contributed by atoms with Gasteiger partial charge in [-0.3, -0.25) is 15.1 Å². The van der Waals surface area contributed by atoms with E-state index in [2.05, 4.69) is 34.1 Å². The standard InChI is InChI=1S/C21H23N5OS/c1-12-9-16-17(10-13(12)2)24-20(23-16)25-18(27)14-5-4-6-15(11-14)21(3)7-8-28-19(22)26-21/h4-6,9-11H,7-8H2,1-3H3,(H2,22,26)(H2,23,24,25,27). The average molecular weight is 394 g/mol. The third-order valence-electron chi connectivity index (χ3n) is 5.27. The molecule has 0 aliphatic carbocycles. The number of thioether (sulfide) groups is 1. The molecular weight excluding hydrogens is 370 g/mol. The average Bonchev–Trinajstić information content (AvgIpc) is 3.03. The molecule has 0 radical (unpaired) electrons. The highest BCUT2D eigenvalue weighted by Gasteiger charge is 2.29. The Morgan fingerprint density at radius 3 is 2.82 bits per heavy atom. The van der Waals surface area contributed by atoms with E-state index >= 15 is 0 Å². The third-order valence-corrected chi connectivity index (χ3v) is 6.07. The van der Waals surface area contributed by atoms with Crippen molar-refractivity contribution in [3.8, 4) is 0 Å². The summed E-state index contributed by atoms with van der Waals surface area (Å²) in [5.41, 5.74) is 11.2. The first-order chi connectivity index (χ1) is 13.3. The monoisotopic (exact) mass is 393 g/mol. The minimum atomic E-state index is -0.403. The maximum Gasteiger partial charge on any atom is 0.257 e. The number of amidine groups is 1. The smallest absolute Gasteiger partial charge is 0.257 e. The summed E-state index contributed by atoms with van der Waals surface area (Å²) in [6.07, 6.45) is 0.881. The van der Waals surface area contributed by atoms with E-state index in [9.17, 15) is 4.79 Å². The van der Waals surface area contributed by atoms with Crippen LogP contribution in [0, 0.1) is 13.8 Å². The Labute approximate surface area is 168 Å². The molecule has 0 spiro atoms. The van der Waals surface area contributed by atoms with Crippen LogP contribution in [0.25, 0.3) is 11.0 Å². The normalized spacial score (nSPS) is 19.5. The lowest BCUT2D eigenvalue weighted by Gasteiger charge is -2.30. The van der Waals surface area contributed by atoms with E-state index in [0.717, 1.165) is 28.8 Å². The molecule has 28 heavy (non-hydrogen) atoms. The number of rotatable bonds is 3. The van der Waals surface area contributed by atoms with Crippen LogP contribution in [0.5, 0.6) is 0 Å². The van der Waals surface area contributed by atoms with Crippen molar-refractivity contribution >= 4 is 39.8 Å². The number of hydrogen-bond acceptors (Lipinski definition) is 5. The van der Waals surface area contributed by atoms with E-state index in [-0.39, 0.29) is 5.91 Å². The molecular formula is C21H23N5OS. The van der Waals surface area contributed by atoms with Crippen molar-refractivity contribution in [1.82, 2.24) is 9.97 Å². The molecule has 6 nitrogen and oxygen atoms in total. The first-order valence-corrected chi connectivity index (χ1v) is 10.2. The molecule has 1 amide bonds. The lowest BCUT2D eigenvalue weighted by Crippen LogP contribution is -2.29. The minimum Gasteiger partial charge on any atom is -0.379 e. The number of carbonyl (C=O) groups excluding carboxylic acids is 1. The van der Waals surface area contributed by atoms with Crippen molar-refractivity contribution in [2.75, 3.05) is 11.1 Å². The maximum atomic E-state index is 12.8. The van der Waals surface area contributed by atoms with Gasteiger partial charge in [-0.05, 0) is 68.1 Å². The summed E-state index contributed by atoms with van der Waals surface area (Å²) in [6.45, 7) is 6.16. The van der Waals surface area contributed by atoms with Gasteiger partial charge in [0.25, 0.3) is 5.91 Å². The van der Waals surface area contributed by atoms with Crippen molar-refractivity contribution in [3.05, 3.63) is 58.7 Å². The molecule has 1 atom stereocenters. The summed E-state index contributed by atoms with van der Waals surface area (Å²) < 4.78 is 0. The number of benzene rings is 2. The number of aryl methyl sites for hydroxylation is 2. The summed E-state index contributed by atoms with van der Waals surface area (Å²) in [7, 11) is 0. The molecule has 7 heteroatoms. The Kier molecular flexibility index (Phi) is 4.63. The fourth-order valence-corrected chi connectivity index (χ4v) is 4.37. The number of amides is 1. The lowest BCUT2D eigenvalue weighted by molar-refractivity contribution is 0.102. The second-order valence-corrected chi connectivity index (χ2v) is 8.51. The number of hydrogen-bond donors (Lipinski definition) is 3. The van der Waals surface area contributed by atoms with Gasteiger partial charge in [-0.1, -0.05) is 23.9 Å². The molecule has 0 bridgehead atoms. The zero-order valence-corrected chi connectivity index (χ0v) is 17.0. The number of imidazole rings is 1. The summed E-state index contributed by atoms with van der Waals surface area (Å²) in [5, 5.41) is 3.46. The number of aromatic amines is 1. The predicted octanol–water partition coefficient (Wildman–Crippen LogP) is 4.10. The predicted molar refractivity (Wildman–Crippen MR) is 116 cm³/mol. The van der Waals surface area contributed by atoms with Crippen molar-refractivity contribution in [1.29, 1.82) is 0 Å². The number of aromatic nitrogens is 2. The number of nitrogens with one attached hydrogen (secondary N) is 2. The second kappa shape index (κ2) is 6.98.